The first kappa shape index (κ1) is 14.3. The third-order valence-electron chi connectivity index (χ3n) is 4.65. The quantitative estimate of drug-likeness (QED) is 0.806. The minimum atomic E-state index is 0.631. The van der Waals surface area contributed by atoms with E-state index >= 15 is 0 Å². The molecule has 0 aromatic carbocycles. The maximum atomic E-state index is 3.96. The third kappa shape index (κ3) is 3.46. The Balaban J connectivity index is 1.90. The number of rotatable bonds is 5. The van der Waals surface area contributed by atoms with Crippen LogP contribution in [0.4, 0.5) is 0 Å². The predicted molar refractivity (Wildman–Crippen MR) is 77.9 cm³/mol. The smallest absolute Gasteiger partial charge is 0.0249 e. The lowest BCUT2D eigenvalue weighted by Gasteiger charge is -2.36. The Hall–Kier alpha value is -0.120. The van der Waals surface area contributed by atoms with Crippen LogP contribution in [0.3, 0.4) is 0 Å². The van der Waals surface area contributed by atoms with Crippen molar-refractivity contribution in [1.82, 2.24) is 15.1 Å². The Bertz CT molecular complexity index is 252. The van der Waals surface area contributed by atoms with Gasteiger partial charge in [-0.25, -0.2) is 0 Å². The fourth-order valence-corrected chi connectivity index (χ4v) is 3.57. The Labute approximate surface area is 113 Å². The molecule has 1 N–H and O–H groups in total. The minimum Gasteiger partial charge on any atom is -0.308 e. The molecule has 3 atom stereocenters. The van der Waals surface area contributed by atoms with Crippen molar-refractivity contribution in [1.29, 1.82) is 0 Å². The summed E-state index contributed by atoms with van der Waals surface area (Å²) < 4.78 is 0. The first-order valence-corrected chi connectivity index (χ1v) is 7.72. The zero-order valence-corrected chi connectivity index (χ0v) is 12.7. The molecule has 0 spiro atoms. The molecule has 2 aliphatic heterocycles. The average molecular weight is 253 g/mol. The molecule has 106 valence electrons. The van der Waals surface area contributed by atoms with Crippen LogP contribution in [0.1, 0.15) is 39.5 Å². The zero-order valence-electron chi connectivity index (χ0n) is 12.7. The topological polar surface area (TPSA) is 18.5 Å². The molecule has 18 heavy (non-hydrogen) atoms. The Morgan fingerprint density at radius 1 is 1.17 bits per heavy atom. The van der Waals surface area contributed by atoms with Crippen LogP contribution in [0.2, 0.25) is 0 Å². The highest BCUT2D eigenvalue weighted by atomic mass is 15.2. The number of piperidine rings is 1. The van der Waals surface area contributed by atoms with Crippen molar-refractivity contribution < 1.29 is 0 Å². The molecule has 3 nitrogen and oxygen atoms in total. The van der Waals surface area contributed by atoms with E-state index in [1.165, 1.54) is 38.8 Å². The van der Waals surface area contributed by atoms with Gasteiger partial charge < -0.3 is 10.2 Å². The van der Waals surface area contributed by atoms with Gasteiger partial charge in [0.05, 0.1) is 0 Å². The maximum absolute atomic E-state index is 3.96. The summed E-state index contributed by atoms with van der Waals surface area (Å²) >= 11 is 0. The van der Waals surface area contributed by atoms with Gasteiger partial charge in [0.1, 0.15) is 0 Å². The van der Waals surface area contributed by atoms with Crippen molar-refractivity contribution in [3.63, 3.8) is 0 Å². The summed E-state index contributed by atoms with van der Waals surface area (Å²) in [5.41, 5.74) is 0. The van der Waals surface area contributed by atoms with E-state index in [4.69, 9.17) is 0 Å². The summed E-state index contributed by atoms with van der Waals surface area (Å²) in [6, 6.07) is 2.19. The number of fused-ring (bicyclic) bond motifs is 1. The largest absolute Gasteiger partial charge is 0.308 e. The van der Waals surface area contributed by atoms with Gasteiger partial charge >= 0.3 is 0 Å². The van der Waals surface area contributed by atoms with E-state index in [-0.39, 0.29) is 0 Å². The van der Waals surface area contributed by atoms with E-state index in [0.29, 0.717) is 12.0 Å². The number of hydrogen-bond acceptors (Lipinski definition) is 3. The molecule has 2 fully saturated rings. The van der Waals surface area contributed by atoms with Gasteiger partial charge in [-0.05, 0) is 45.8 Å². The van der Waals surface area contributed by atoms with E-state index in [2.05, 4.69) is 43.1 Å². The molecule has 3 unspecified atom stereocenters. The van der Waals surface area contributed by atoms with Gasteiger partial charge in [0.15, 0.2) is 0 Å². The molecule has 0 radical (unpaired) electrons. The summed E-state index contributed by atoms with van der Waals surface area (Å²) in [5, 5.41) is 3.96. The molecule has 2 saturated heterocycles. The molecule has 2 aliphatic rings. The second kappa shape index (κ2) is 6.36. The van der Waals surface area contributed by atoms with Gasteiger partial charge in [-0.2, -0.15) is 0 Å². The Morgan fingerprint density at radius 3 is 2.61 bits per heavy atom. The van der Waals surface area contributed by atoms with Crippen molar-refractivity contribution in [2.75, 3.05) is 33.7 Å². The molecule has 0 aromatic heterocycles. The first-order chi connectivity index (χ1) is 8.58. The van der Waals surface area contributed by atoms with Gasteiger partial charge in [-0.3, -0.25) is 4.90 Å². The molecule has 0 saturated carbocycles. The molecule has 0 bridgehead atoms. The van der Waals surface area contributed by atoms with E-state index < -0.39 is 0 Å². The van der Waals surface area contributed by atoms with Gasteiger partial charge in [-0.15, -0.1) is 0 Å². The van der Waals surface area contributed by atoms with Crippen LogP contribution >= 0.6 is 0 Å². The molecule has 2 rings (SSSR count). The summed E-state index contributed by atoms with van der Waals surface area (Å²) in [6.07, 6.45) is 5.60. The third-order valence-corrected chi connectivity index (χ3v) is 4.65. The SMILES string of the molecule is CC(C)C(CN(C)C)NC1CCN2CCCCC12. The van der Waals surface area contributed by atoms with Crippen LogP contribution in [0, 0.1) is 5.92 Å². The lowest BCUT2D eigenvalue weighted by atomic mass is 9.96. The van der Waals surface area contributed by atoms with Crippen molar-refractivity contribution in [2.24, 2.45) is 5.92 Å². The molecule has 3 heteroatoms. The van der Waals surface area contributed by atoms with Crippen molar-refractivity contribution >= 4 is 0 Å². The monoisotopic (exact) mass is 253 g/mol. The summed E-state index contributed by atoms with van der Waals surface area (Å²) in [7, 11) is 4.36. The molecular formula is C15H31N3. The number of likely N-dealkylation sites (N-methyl/N-ethyl adjacent to an activating group) is 1. The van der Waals surface area contributed by atoms with Gasteiger partial charge in [0.2, 0.25) is 0 Å². The van der Waals surface area contributed by atoms with Crippen molar-refractivity contribution in [2.45, 2.75) is 57.7 Å². The number of hydrogen-bond donors (Lipinski definition) is 1. The molecule has 0 aliphatic carbocycles. The van der Waals surface area contributed by atoms with Crippen LogP contribution in [0.25, 0.3) is 0 Å². The standard InChI is InChI=1S/C15H31N3/c1-12(2)14(11-17(3)4)16-13-8-10-18-9-6-5-7-15(13)18/h12-16H,5-11H2,1-4H3. The Kier molecular flexibility index (Phi) is 5.05. The number of nitrogens with zero attached hydrogens (tertiary/aromatic N) is 2. The first-order valence-electron chi connectivity index (χ1n) is 7.72. The maximum Gasteiger partial charge on any atom is 0.0249 e. The molecule has 0 amide bonds. The van der Waals surface area contributed by atoms with E-state index in [1.807, 2.05) is 0 Å². The van der Waals surface area contributed by atoms with Crippen molar-refractivity contribution in [3.05, 3.63) is 0 Å². The Morgan fingerprint density at radius 2 is 1.94 bits per heavy atom. The number of nitrogens with one attached hydrogen (secondary N) is 1. The van der Waals surface area contributed by atoms with E-state index in [9.17, 15) is 0 Å². The van der Waals surface area contributed by atoms with E-state index in [1.54, 1.807) is 0 Å². The zero-order chi connectivity index (χ0) is 13.1. The van der Waals surface area contributed by atoms with Crippen LogP contribution in [-0.2, 0) is 0 Å². The summed E-state index contributed by atoms with van der Waals surface area (Å²) in [4.78, 5) is 5.03. The summed E-state index contributed by atoms with van der Waals surface area (Å²) in [6.45, 7) is 8.49. The average Bonchev–Trinajstić information content (AvgIpc) is 2.71. The van der Waals surface area contributed by atoms with Crippen LogP contribution < -0.4 is 5.32 Å². The lowest BCUT2D eigenvalue weighted by molar-refractivity contribution is 0.167. The van der Waals surface area contributed by atoms with Gasteiger partial charge in [0, 0.05) is 31.2 Å². The highest BCUT2D eigenvalue weighted by Crippen LogP contribution is 2.27. The molecule has 2 heterocycles. The van der Waals surface area contributed by atoms with Crippen LogP contribution in [0.15, 0.2) is 0 Å². The predicted octanol–water partition coefficient (Wildman–Crippen LogP) is 1.79. The van der Waals surface area contributed by atoms with Crippen molar-refractivity contribution in [3.8, 4) is 0 Å². The highest BCUT2D eigenvalue weighted by molar-refractivity contribution is 4.95. The second-order valence-corrected chi connectivity index (χ2v) is 6.77. The fourth-order valence-electron chi connectivity index (χ4n) is 3.57. The van der Waals surface area contributed by atoms with Crippen LogP contribution in [0.5, 0.6) is 0 Å². The van der Waals surface area contributed by atoms with Crippen LogP contribution in [-0.4, -0.2) is 61.7 Å². The molecular weight excluding hydrogens is 222 g/mol. The van der Waals surface area contributed by atoms with E-state index in [0.717, 1.165) is 18.6 Å². The normalized spacial score (nSPS) is 31.0. The molecule has 0 aromatic rings. The summed E-state index contributed by atoms with van der Waals surface area (Å²) in [5.74, 6) is 0.713. The van der Waals surface area contributed by atoms with Gasteiger partial charge in [0.25, 0.3) is 0 Å². The minimum absolute atomic E-state index is 0.631. The fraction of sp³-hybridized carbons (Fsp3) is 1.00. The van der Waals surface area contributed by atoms with Gasteiger partial charge in [-0.1, -0.05) is 20.3 Å². The second-order valence-electron chi connectivity index (χ2n) is 6.77. The highest BCUT2D eigenvalue weighted by Gasteiger charge is 2.36. The lowest BCUT2D eigenvalue weighted by Crippen LogP contribution is -2.52.